The lowest BCUT2D eigenvalue weighted by Gasteiger charge is -2.10. The van der Waals surface area contributed by atoms with Gasteiger partial charge in [-0.25, -0.2) is 0 Å². The quantitative estimate of drug-likeness (QED) is 0.257. The van der Waals surface area contributed by atoms with Crippen molar-refractivity contribution in [1.82, 2.24) is 0 Å². The van der Waals surface area contributed by atoms with Crippen LogP contribution in [0, 0.1) is 13.8 Å². The lowest BCUT2D eigenvalue weighted by Crippen LogP contribution is -2.13. The van der Waals surface area contributed by atoms with E-state index in [-0.39, 0.29) is 5.84 Å². The molecule has 94 valence electrons. The molecule has 0 bridgehead atoms. The second-order valence-corrected chi connectivity index (χ2v) is 4.84. The first-order valence-corrected chi connectivity index (χ1v) is 6.31. The Labute approximate surface area is 110 Å². The Morgan fingerprint density at radius 2 is 2.00 bits per heavy atom. The SMILES string of the molecule is Cc1cc(NCCC/C(N)=N/O)cc(C)c1Br. The van der Waals surface area contributed by atoms with Crippen molar-refractivity contribution in [3.8, 4) is 0 Å². The Hall–Kier alpha value is -1.23. The van der Waals surface area contributed by atoms with Crippen molar-refractivity contribution in [3.63, 3.8) is 0 Å². The van der Waals surface area contributed by atoms with Crippen LogP contribution >= 0.6 is 15.9 Å². The highest BCUT2D eigenvalue weighted by molar-refractivity contribution is 9.10. The van der Waals surface area contributed by atoms with E-state index < -0.39 is 0 Å². The van der Waals surface area contributed by atoms with E-state index in [4.69, 9.17) is 10.9 Å². The number of nitrogens with two attached hydrogens (primary N) is 1. The molecule has 0 aromatic heterocycles. The van der Waals surface area contributed by atoms with Crippen LogP contribution in [0.15, 0.2) is 21.8 Å². The number of hydrogen-bond donors (Lipinski definition) is 3. The molecule has 17 heavy (non-hydrogen) atoms. The maximum atomic E-state index is 8.39. The molecule has 1 aromatic carbocycles. The normalized spacial score (nSPS) is 11.6. The molecule has 0 aliphatic heterocycles. The molecule has 0 aliphatic carbocycles. The first-order chi connectivity index (χ1) is 8.04. The Morgan fingerprint density at radius 1 is 1.41 bits per heavy atom. The fraction of sp³-hybridized carbons (Fsp3) is 0.417. The monoisotopic (exact) mass is 299 g/mol. The van der Waals surface area contributed by atoms with Crippen LogP contribution in [0.3, 0.4) is 0 Å². The second-order valence-electron chi connectivity index (χ2n) is 4.05. The van der Waals surface area contributed by atoms with Crippen LogP contribution in [0.5, 0.6) is 0 Å². The van der Waals surface area contributed by atoms with Crippen molar-refractivity contribution < 1.29 is 5.21 Å². The number of anilines is 1. The van der Waals surface area contributed by atoms with Crippen LogP contribution in [0.1, 0.15) is 24.0 Å². The van der Waals surface area contributed by atoms with Gasteiger partial charge in [-0.2, -0.15) is 0 Å². The van der Waals surface area contributed by atoms with Gasteiger partial charge in [-0.3, -0.25) is 0 Å². The molecule has 0 saturated heterocycles. The summed E-state index contributed by atoms with van der Waals surface area (Å²) in [5.74, 6) is 0.273. The van der Waals surface area contributed by atoms with Gasteiger partial charge in [0.2, 0.25) is 0 Å². The van der Waals surface area contributed by atoms with E-state index in [1.165, 1.54) is 11.1 Å². The number of aryl methyl sites for hydroxylation is 2. The van der Waals surface area contributed by atoms with Crippen molar-refractivity contribution in [2.24, 2.45) is 10.9 Å². The third kappa shape index (κ3) is 4.26. The number of amidine groups is 1. The number of oxime groups is 1. The summed E-state index contributed by atoms with van der Waals surface area (Å²) in [4.78, 5) is 0. The molecular formula is C12H18BrN3O. The summed E-state index contributed by atoms with van der Waals surface area (Å²) in [6, 6.07) is 4.20. The Kier molecular flexibility index (Phi) is 5.28. The third-order valence-corrected chi connectivity index (χ3v) is 3.75. The van der Waals surface area contributed by atoms with Crippen LogP contribution in [0.2, 0.25) is 0 Å². The number of benzene rings is 1. The molecular weight excluding hydrogens is 282 g/mol. The van der Waals surface area contributed by atoms with Gasteiger partial charge in [0.05, 0.1) is 0 Å². The second kappa shape index (κ2) is 6.49. The zero-order valence-corrected chi connectivity index (χ0v) is 11.7. The minimum absolute atomic E-state index is 0.273. The van der Waals surface area contributed by atoms with E-state index in [1.807, 2.05) is 0 Å². The maximum absolute atomic E-state index is 8.39. The smallest absolute Gasteiger partial charge is 0.139 e. The van der Waals surface area contributed by atoms with Gasteiger partial charge >= 0.3 is 0 Å². The van der Waals surface area contributed by atoms with Crippen LogP contribution in [-0.4, -0.2) is 17.6 Å². The van der Waals surface area contributed by atoms with Gasteiger partial charge in [-0.1, -0.05) is 21.1 Å². The molecule has 1 rings (SSSR count). The molecule has 1 aromatic rings. The van der Waals surface area contributed by atoms with E-state index in [0.29, 0.717) is 6.42 Å². The van der Waals surface area contributed by atoms with E-state index >= 15 is 0 Å². The Morgan fingerprint density at radius 3 is 2.53 bits per heavy atom. The van der Waals surface area contributed by atoms with Crippen molar-refractivity contribution in [1.29, 1.82) is 0 Å². The Balaban J connectivity index is 2.48. The van der Waals surface area contributed by atoms with Crippen LogP contribution < -0.4 is 11.1 Å². The van der Waals surface area contributed by atoms with E-state index in [1.54, 1.807) is 0 Å². The summed E-state index contributed by atoms with van der Waals surface area (Å²) >= 11 is 3.54. The predicted molar refractivity (Wildman–Crippen MR) is 74.7 cm³/mol. The van der Waals surface area contributed by atoms with Gasteiger partial charge in [0, 0.05) is 23.1 Å². The molecule has 0 atom stereocenters. The third-order valence-electron chi connectivity index (χ3n) is 2.50. The summed E-state index contributed by atoms with van der Waals surface area (Å²) < 4.78 is 1.15. The molecule has 0 radical (unpaired) electrons. The number of nitrogens with zero attached hydrogens (tertiary/aromatic N) is 1. The molecule has 5 heteroatoms. The van der Waals surface area contributed by atoms with Crippen molar-refractivity contribution in [2.75, 3.05) is 11.9 Å². The van der Waals surface area contributed by atoms with Crippen LogP contribution in [0.25, 0.3) is 0 Å². The molecule has 0 heterocycles. The molecule has 4 N–H and O–H groups in total. The van der Waals surface area contributed by atoms with Crippen molar-refractivity contribution in [3.05, 3.63) is 27.7 Å². The van der Waals surface area contributed by atoms with Crippen molar-refractivity contribution in [2.45, 2.75) is 26.7 Å². The summed E-state index contributed by atoms with van der Waals surface area (Å²) in [6.07, 6.45) is 1.43. The van der Waals surface area contributed by atoms with Crippen LogP contribution in [-0.2, 0) is 0 Å². The first kappa shape index (κ1) is 13.8. The molecule has 0 saturated carbocycles. The lowest BCUT2D eigenvalue weighted by atomic mass is 10.1. The zero-order chi connectivity index (χ0) is 12.8. The predicted octanol–water partition coefficient (Wildman–Crippen LogP) is 3.00. The summed E-state index contributed by atoms with van der Waals surface area (Å²) in [7, 11) is 0. The fourth-order valence-corrected chi connectivity index (χ4v) is 1.83. The summed E-state index contributed by atoms with van der Waals surface area (Å²) in [5.41, 5.74) is 8.91. The van der Waals surface area contributed by atoms with Gasteiger partial charge < -0.3 is 16.3 Å². The van der Waals surface area contributed by atoms with E-state index in [2.05, 4.69) is 52.4 Å². The first-order valence-electron chi connectivity index (χ1n) is 5.51. The molecule has 0 spiro atoms. The van der Waals surface area contributed by atoms with Crippen molar-refractivity contribution >= 4 is 27.5 Å². The van der Waals surface area contributed by atoms with Gasteiger partial charge in [0.1, 0.15) is 5.84 Å². The van der Waals surface area contributed by atoms with E-state index in [0.717, 1.165) is 23.1 Å². The highest BCUT2D eigenvalue weighted by Gasteiger charge is 2.02. The molecule has 0 amide bonds. The average Bonchev–Trinajstić information content (AvgIpc) is 2.31. The summed E-state index contributed by atoms with van der Waals surface area (Å²) in [6.45, 7) is 4.94. The lowest BCUT2D eigenvalue weighted by molar-refractivity contribution is 0.316. The van der Waals surface area contributed by atoms with Gasteiger partial charge in [-0.15, -0.1) is 0 Å². The topological polar surface area (TPSA) is 70.6 Å². The Bertz CT molecular complexity index is 395. The highest BCUT2D eigenvalue weighted by Crippen LogP contribution is 2.24. The summed E-state index contributed by atoms with van der Waals surface area (Å²) in [5, 5.41) is 14.6. The molecule has 0 aliphatic rings. The molecule has 0 fully saturated rings. The average molecular weight is 300 g/mol. The zero-order valence-electron chi connectivity index (χ0n) is 10.1. The molecule has 4 nitrogen and oxygen atoms in total. The van der Waals surface area contributed by atoms with Gasteiger partial charge in [0.15, 0.2) is 0 Å². The number of hydrogen-bond acceptors (Lipinski definition) is 3. The highest BCUT2D eigenvalue weighted by atomic mass is 79.9. The number of halogens is 1. The van der Waals surface area contributed by atoms with E-state index in [9.17, 15) is 0 Å². The number of nitrogens with one attached hydrogen (secondary N) is 1. The number of rotatable bonds is 5. The van der Waals surface area contributed by atoms with Gasteiger partial charge in [-0.05, 0) is 43.5 Å². The largest absolute Gasteiger partial charge is 0.409 e. The van der Waals surface area contributed by atoms with Gasteiger partial charge in [0.25, 0.3) is 0 Å². The standard InChI is InChI=1S/C12H18BrN3O/c1-8-6-10(7-9(2)12(8)13)15-5-3-4-11(14)16-17/h6-7,15,17H,3-5H2,1-2H3,(H2,14,16). The maximum Gasteiger partial charge on any atom is 0.139 e. The minimum Gasteiger partial charge on any atom is -0.409 e. The van der Waals surface area contributed by atoms with Crippen LogP contribution in [0.4, 0.5) is 5.69 Å². The molecule has 0 unspecified atom stereocenters. The minimum atomic E-state index is 0.273. The fourth-order valence-electron chi connectivity index (χ4n) is 1.60.